The molecule has 3 N–H and O–H groups in total. The molecule has 1 aromatic carbocycles. The Kier molecular flexibility index (Phi) is 5.60. The van der Waals surface area contributed by atoms with Gasteiger partial charge in [-0.3, -0.25) is 4.99 Å². The number of aromatic amines is 1. The molecule has 1 heterocycles. The molecule has 114 valence electrons. The van der Waals surface area contributed by atoms with Gasteiger partial charge in [-0.1, -0.05) is 26.0 Å². The highest BCUT2D eigenvalue weighted by Crippen LogP contribution is 2.10. The van der Waals surface area contributed by atoms with Crippen LogP contribution in [0.3, 0.4) is 0 Å². The van der Waals surface area contributed by atoms with Crippen LogP contribution in [0.1, 0.15) is 26.6 Å². The van der Waals surface area contributed by atoms with Crippen LogP contribution in [-0.4, -0.2) is 35.6 Å². The Labute approximate surface area is 126 Å². The molecule has 0 aliphatic carbocycles. The van der Waals surface area contributed by atoms with Gasteiger partial charge in [0.05, 0.1) is 11.0 Å². The number of hydrogen-bond acceptors (Lipinski definition) is 2. The lowest BCUT2D eigenvalue weighted by Gasteiger charge is -2.11. The summed E-state index contributed by atoms with van der Waals surface area (Å²) in [7, 11) is 0. The minimum absolute atomic E-state index is 0.566. The van der Waals surface area contributed by atoms with Crippen LogP contribution in [0.15, 0.2) is 29.3 Å². The summed E-state index contributed by atoms with van der Waals surface area (Å²) in [5.41, 5.74) is 2.11. The molecule has 2 rings (SSSR count). The van der Waals surface area contributed by atoms with Crippen LogP contribution in [0.2, 0.25) is 0 Å². The highest BCUT2D eigenvalue weighted by atomic mass is 15.2. The quantitative estimate of drug-likeness (QED) is 0.564. The monoisotopic (exact) mass is 287 g/mol. The smallest absolute Gasteiger partial charge is 0.191 e. The molecule has 0 aliphatic heterocycles. The van der Waals surface area contributed by atoms with E-state index in [1.807, 2.05) is 24.3 Å². The standard InChI is InChI=1S/C16H25N5/c1-4-17-16(19-11-12(2)3)18-10-9-15-20-13-7-5-6-8-14(13)21-15/h5-8,12H,4,9-11H2,1-3H3,(H,20,21)(H2,17,18,19). The van der Waals surface area contributed by atoms with Gasteiger partial charge in [0.2, 0.25) is 0 Å². The zero-order valence-corrected chi connectivity index (χ0v) is 13.1. The van der Waals surface area contributed by atoms with E-state index in [1.54, 1.807) is 0 Å². The number of benzene rings is 1. The van der Waals surface area contributed by atoms with Crippen molar-refractivity contribution in [1.29, 1.82) is 0 Å². The van der Waals surface area contributed by atoms with Gasteiger partial charge in [0.15, 0.2) is 5.96 Å². The zero-order valence-electron chi connectivity index (χ0n) is 13.1. The van der Waals surface area contributed by atoms with Crippen molar-refractivity contribution >= 4 is 17.0 Å². The number of H-pyrrole nitrogens is 1. The van der Waals surface area contributed by atoms with Crippen molar-refractivity contribution in [3.05, 3.63) is 30.1 Å². The van der Waals surface area contributed by atoms with E-state index in [9.17, 15) is 0 Å². The molecule has 0 amide bonds. The Bertz CT molecular complexity index is 552. The molecule has 0 atom stereocenters. The lowest BCUT2D eigenvalue weighted by molar-refractivity contribution is 0.656. The SMILES string of the molecule is CCNC(=NCC(C)C)NCCc1nc2ccccc2[nH]1. The highest BCUT2D eigenvalue weighted by Gasteiger charge is 2.03. The van der Waals surface area contributed by atoms with Gasteiger partial charge >= 0.3 is 0 Å². The molecule has 1 aromatic heterocycles. The van der Waals surface area contributed by atoms with E-state index in [4.69, 9.17) is 0 Å². The van der Waals surface area contributed by atoms with E-state index < -0.39 is 0 Å². The summed E-state index contributed by atoms with van der Waals surface area (Å²) >= 11 is 0. The molecule has 0 fully saturated rings. The molecule has 5 nitrogen and oxygen atoms in total. The highest BCUT2D eigenvalue weighted by molar-refractivity contribution is 5.79. The van der Waals surface area contributed by atoms with Crippen LogP contribution >= 0.6 is 0 Å². The van der Waals surface area contributed by atoms with Gasteiger partial charge < -0.3 is 15.6 Å². The first-order chi connectivity index (χ1) is 10.2. The first-order valence-corrected chi connectivity index (χ1v) is 7.65. The number of hydrogen-bond donors (Lipinski definition) is 3. The number of guanidine groups is 1. The molecule has 2 aromatic rings. The fourth-order valence-corrected chi connectivity index (χ4v) is 2.04. The van der Waals surface area contributed by atoms with E-state index in [1.165, 1.54) is 0 Å². The van der Waals surface area contributed by atoms with Crippen LogP contribution in [-0.2, 0) is 6.42 Å². The first kappa shape index (κ1) is 15.4. The molecule has 0 spiro atoms. The predicted molar refractivity (Wildman–Crippen MR) is 88.6 cm³/mol. The summed E-state index contributed by atoms with van der Waals surface area (Å²) in [4.78, 5) is 12.5. The topological polar surface area (TPSA) is 65.1 Å². The molecular weight excluding hydrogens is 262 g/mol. The van der Waals surface area contributed by atoms with Crippen molar-refractivity contribution in [1.82, 2.24) is 20.6 Å². The van der Waals surface area contributed by atoms with Gasteiger partial charge in [-0.05, 0) is 25.0 Å². The van der Waals surface area contributed by atoms with Crippen LogP contribution < -0.4 is 10.6 Å². The second-order valence-electron chi connectivity index (χ2n) is 5.49. The average molecular weight is 287 g/mol. The van der Waals surface area contributed by atoms with Gasteiger partial charge in [0, 0.05) is 26.1 Å². The fraction of sp³-hybridized carbons (Fsp3) is 0.500. The van der Waals surface area contributed by atoms with E-state index in [0.717, 1.165) is 48.9 Å². The Morgan fingerprint density at radius 1 is 1.29 bits per heavy atom. The molecule has 0 aliphatic rings. The molecular formula is C16H25N5. The number of imidazole rings is 1. The van der Waals surface area contributed by atoms with Crippen LogP contribution in [0.5, 0.6) is 0 Å². The minimum Gasteiger partial charge on any atom is -0.357 e. The maximum absolute atomic E-state index is 4.57. The lowest BCUT2D eigenvalue weighted by Crippen LogP contribution is -2.38. The molecule has 21 heavy (non-hydrogen) atoms. The number of para-hydroxylation sites is 2. The Hall–Kier alpha value is -2.04. The summed E-state index contributed by atoms with van der Waals surface area (Å²) in [6.45, 7) is 8.92. The maximum Gasteiger partial charge on any atom is 0.191 e. The Balaban J connectivity index is 1.87. The second-order valence-corrected chi connectivity index (χ2v) is 5.49. The predicted octanol–water partition coefficient (Wildman–Crippen LogP) is 2.32. The van der Waals surface area contributed by atoms with Crippen molar-refractivity contribution in [2.24, 2.45) is 10.9 Å². The van der Waals surface area contributed by atoms with Crippen molar-refractivity contribution in [3.8, 4) is 0 Å². The number of aliphatic imine (C=N–C) groups is 1. The van der Waals surface area contributed by atoms with Gasteiger partial charge in [-0.15, -0.1) is 0 Å². The first-order valence-electron chi connectivity index (χ1n) is 7.65. The third kappa shape index (κ3) is 4.77. The summed E-state index contributed by atoms with van der Waals surface area (Å²) in [5, 5.41) is 6.61. The molecule has 0 saturated carbocycles. The largest absolute Gasteiger partial charge is 0.357 e. The summed E-state index contributed by atoms with van der Waals surface area (Å²) in [5.74, 6) is 2.45. The summed E-state index contributed by atoms with van der Waals surface area (Å²) in [6.07, 6.45) is 0.848. The fourth-order valence-electron chi connectivity index (χ4n) is 2.04. The maximum atomic E-state index is 4.57. The summed E-state index contributed by atoms with van der Waals surface area (Å²) < 4.78 is 0. The Morgan fingerprint density at radius 2 is 2.10 bits per heavy atom. The number of nitrogens with zero attached hydrogens (tertiary/aromatic N) is 2. The molecule has 0 unspecified atom stereocenters. The van der Waals surface area contributed by atoms with E-state index in [2.05, 4.69) is 46.4 Å². The number of aromatic nitrogens is 2. The lowest BCUT2D eigenvalue weighted by atomic mass is 10.2. The number of fused-ring (bicyclic) bond motifs is 1. The van der Waals surface area contributed by atoms with E-state index >= 15 is 0 Å². The van der Waals surface area contributed by atoms with Crippen molar-refractivity contribution in [2.45, 2.75) is 27.2 Å². The number of nitrogens with one attached hydrogen (secondary N) is 3. The molecule has 5 heteroatoms. The third-order valence-electron chi connectivity index (χ3n) is 3.05. The van der Waals surface area contributed by atoms with E-state index in [-0.39, 0.29) is 0 Å². The zero-order chi connectivity index (χ0) is 15.1. The number of rotatable bonds is 6. The van der Waals surface area contributed by atoms with E-state index in [0.29, 0.717) is 5.92 Å². The second kappa shape index (κ2) is 7.67. The van der Waals surface area contributed by atoms with Gasteiger partial charge in [-0.2, -0.15) is 0 Å². The molecule has 0 saturated heterocycles. The van der Waals surface area contributed by atoms with Gasteiger partial charge in [0.25, 0.3) is 0 Å². The van der Waals surface area contributed by atoms with Gasteiger partial charge in [0.1, 0.15) is 5.82 Å². The van der Waals surface area contributed by atoms with Crippen LogP contribution in [0, 0.1) is 5.92 Å². The van der Waals surface area contributed by atoms with Crippen molar-refractivity contribution in [3.63, 3.8) is 0 Å². The normalized spacial score (nSPS) is 12.1. The third-order valence-corrected chi connectivity index (χ3v) is 3.05. The minimum atomic E-state index is 0.566. The van der Waals surface area contributed by atoms with Crippen molar-refractivity contribution in [2.75, 3.05) is 19.6 Å². The molecule has 0 radical (unpaired) electrons. The van der Waals surface area contributed by atoms with Crippen molar-refractivity contribution < 1.29 is 0 Å². The van der Waals surface area contributed by atoms with Gasteiger partial charge in [-0.25, -0.2) is 4.98 Å². The van der Waals surface area contributed by atoms with Crippen LogP contribution in [0.4, 0.5) is 0 Å². The summed E-state index contributed by atoms with van der Waals surface area (Å²) in [6, 6.07) is 8.10. The molecule has 0 bridgehead atoms. The Morgan fingerprint density at radius 3 is 2.81 bits per heavy atom. The average Bonchev–Trinajstić information content (AvgIpc) is 2.87. The van der Waals surface area contributed by atoms with Crippen LogP contribution in [0.25, 0.3) is 11.0 Å².